The monoisotopic (exact) mass is 260 g/mol. The first kappa shape index (κ1) is 8.54. The van der Waals surface area contributed by atoms with Gasteiger partial charge in [-0.1, -0.05) is 33.6 Å². The Morgan fingerprint density at radius 3 is 2.92 bits per heavy atom. The van der Waals surface area contributed by atoms with Gasteiger partial charge in [0.05, 0.1) is 5.02 Å². The number of thiophene rings is 1. The van der Waals surface area contributed by atoms with Gasteiger partial charge in [-0.25, -0.2) is 0 Å². The summed E-state index contributed by atoms with van der Waals surface area (Å²) in [5.74, 6) is 0. The molecular weight excluding hydrogens is 256 g/mol. The quantitative estimate of drug-likeness (QED) is 0.649. The van der Waals surface area contributed by atoms with E-state index >= 15 is 0 Å². The van der Waals surface area contributed by atoms with Crippen molar-refractivity contribution in [1.82, 2.24) is 0 Å². The molecule has 1 aromatic carbocycles. The molecule has 0 spiro atoms. The molecule has 0 aliphatic carbocycles. The lowest BCUT2D eigenvalue weighted by Gasteiger charge is -1.98. The van der Waals surface area contributed by atoms with Gasteiger partial charge in [-0.15, -0.1) is 11.3 Å². The summed E-state index contributed by atoms with van der Waals surface area (Å²) in [4.78, 5) is 0. The van der Waals surface area contributed by atoms with Crippen LogP contribution < -0.4 is 0 Å². The highest BCUT2D eigenvalue weighted by Crippen LogP contribution is 2.35. The van der Waals surface area contributed by atoms with Gasteiger partial charge in [-0.3, -0.25) is 0 Å². The van der Waals surface area contributed by atoms with Crippen LogP contribution in [0.1, 0.15) is 5.56 Å². The molecule has 2 aromatic rings. The molecule has 0 radical (unpaired) electrons. The summed E-state index contributed by atoms with van der Waals surface area (Å²) in [5.41, 5.74) is 1.27. The first-order chi connectivity index (χ1) is 5.70. The maximum atomic E-state index is 5.99. The summed E-state index contributed by atoms with van der Waals surface area (Å²) in [5, 5.41) is 3.99. The Kier molecular flexibility index (Phi) is 2.15. The molecule has 0 saturated carbocycles. The van der Waals surface area contributed by atoms with Crippen LogP contribution in [0, 0.1) is 6.92 Å². The molecule has 1 heterocycles. The van der Waals surface area contributed by atoms with E-state index in [1.807, 2.05) is 17.5 Å². The zero-order chi connectivity index (χ0) is 8.72. The third-order valence-corrected chi connectivity index (χ3v) is 4.29. The van der Waals surface area contributed by atoms with E-state index in [-0.39, 0.29) is 0 Å². The molecule has 62 valence electrons. The smallest absolute Gasteiger partial charge is 0.0591 e. The highest BCUT2D eigenvalue weighted by Gasteiger charge is 2.05. The predicted molar refractivity (Wildman–Crippen MR) is 59.3 cm³/mol. The van der Waals surface area contributed by atoms with Gasteiger partial charge < -0.3 is 0 Å². The van der Waals surface area contributed by atoms with E-state index in [0.29, 0.717) is 0 Å². The van der Waals surface area contributed by atoms with Crippen molar-refractivity contribution in [2.45, 2.75) is 6.92 Å². The maximum Gasteiger partial charge on any atom is 0.0591 e. The van der Waals surface area contributed by atoms with Crippen LogP contribution in [-0.4, -0.2) is 0 Å². The van der Waals surface area contributed by atoms with Crippen LogP contribution in [0.15, 0.2) is 22.0 Å². The van der Waals surface area contributed by atoms with Gasteiger partial charge in [-0.05, 0) is 18.6 Å². The summed E-state index contributed by atoms with van der Waals surface area (Å²) >= 11 is 11.2. The van der Waals surface area contributed by atoms with Crippen LogP contribution in [0.3, 0.4) is 0 Å². The number of hydrogen-bond donors (Lipinski definition) is 0. The van der Waals surface area contributed by atoms with Gasteiger partial charge in [0.1, 0.15) is 0 Å². The van der Waals surface area contributed by atoms with Crippen LogP contribution in [0.25, 0.3) is 10.1 Å². The van der Waals surface area contributed by atoms with Crippen molar-refractivity contribution in [1.29, 1.82) is 0 Å². The number of aryl methyl sites for hydroxylation is 1. The molecule has 0 unspecified atom stereocenters. The average Bonchev–Trinajstić information content (AvgIpc) is 2.41. The van der Waals surface area contributed by atoms with Crippen LogP contribution in [0.4, 0.5) is 0 Å². The normalized spacial score (nSPS) is 10.9. The first-order valence-corrected chi connectivity index (χ1v) is 5.57. The van der Waals surface area contributed by atoms with E-state index in [1.165, 1.54) is 10.3 Å². The number of halogens is 2. The molecule has 0 saturated heterocycles. The van der Waals surface area contributed by atoms with Crippen molar-refractivity contribution in [2.75, 3.05) is 0 Å². The van der Waals surface area contributed by atoms with E-state index in [2.05, 4.69) is 22.9 Å². The number of benzene rings is 1. The third-order valence-electron chi connectivity index (χ3n) is 1.88. The zero-order valence-corrected chi connectivity index (χ0v) is 9.55. The van der Waals surface area contributed by atoms with Crippen molar-refractivity contribution >= 4 is 49.0 Å². The standard InChI is InChI=1S/C9H6BrClS/c1-5-7(10)3-2-6-8(11)4-12-9(5)6/h2-4H,1H3. The SMILES string of the molecule is Cc1c(Br)ccc2c(Cl)csc12. The van der Waals surface area contributed by atoms with Crippen molar-refractivity contribution in [3.8, 4) is 0 Å². The molecule has 0 atom stereocenters. The Morgan fingerprint density at radius 2 is 2.17 bits per heavy atom. The highest BCUT2D eigenvalue weighted by atomic mass is 79.9. The van der Waals surface area contributed by atoms with Gasteiger partial charge in [0.25, 0.3) is 0 Å². The predicted octanol–water partition coefficient (Wildman–Crippen LogP) is 4.63. The Balaban J connectivity index is 2.93. The minimum Gasteiger partial charge on any atom is -0.142 e. The van der Waals surface area contributed by atoms with E-state index < -0.39 is 0 Å². The highest BCUT2D eigenvalue weighted by molar-refractivity contribution is 9.10. The van der Waals surface area contributed by atoms with Gasteiger partial charge in [-0.2, -0.15) is 0 Å². The summed E-state index contributed by atoms with van der Waals surface area (Å²) in [6.45, 7) is 2.10. The van der Waals surface area contributed by atoms with Crippen molar-refractivity contribution in [3.63, 3.8) is 0 Å². The second-order valence-corrected chi connectivity index (χ2v) is 4.77. The Bertz CT molecular complexity index is 433. The molecule has 0 aliphatic heterocycles. The molecular formula is C9H6BrClS. The number of hydrogen-bond acceptors (Lipinski definition) is 1. The molecule has 0 amide bonds. The lowest BCUT2D eigenvalue weighted by molar-refractivity contribution is 1.51. The van der Waals surface area contributed by atoms with Gasteiger partial charge in [0.2, 0.25) is 0 Å². The van der Waals surface area contributed by atoms with Crippen molar-refractivity contribution in [3.05, 3.63) is 32.6 Å². The van der Waals surface area contributed by atoms with Crippen LogP contribution >= 0.6 is 38.9 Å². The van der Waals surface area contributed by atoms with E-state index in [0.717, 1.165) is 14.9 Å². The lowest BCUT2D eigenvalue weighted by atomic mass is 10.2. The molecule has 12 heavy (non-hydrogen) atoms. The lowest BCUT2D eigenvalue weighted by Crippen LogP contribution is -1.74. The molecule has 0 bridgehead atoms. The largest absolute Gasteiger partial charge is 0.142 e. The van der Waals surface area contributed by atoms with Gasteiger partial charge >= 0.3 is 0 Å². The average molecular weight is 262 g/mol. The molecule has 2 rings (SSSR count). The van der Waals surface area contributed by atoms with Crippen LogP contribution in [0.2, 0.25) is 5.02 Å². The second kappa shape index (κ2) is 3.02. The van der Waals surface area contributed by atoms with Crippen LogP contribution in [-0.2, 0) is 0 Å². The third kappa shape index (κ3) is 1.18. The summed E-state index contributed by atoms with van der Waals surface area (Å²) in [6.07, 6.45) is 0. The fourth-order valence-corrected chi connectivity index (χ4v) is 2.93. The van der Waals surface area contributed by atoms with E-state index in [9.17, 15) is 0 Å². The Hall–Kier alpha value is -0.0500. The van der Waals surface area contributed by atoms with Crippen LogP contribution in [0.5, 0.6) is 0 Å². The second-order valence-electron chi connectivity index (χ2n) is 2.63. The minimum atomic E-state index is 0.852. The molecule has 0 fully saturated rings. The zero-order valence-electron chi connectivity index (χ0n) is 6.40. The summed E-state index contributed by atoms with van der Waals surface area (Å²) < 4.78 is 2.42. The van der Waals surface area contributed by atoms with Crippen molar-refractivity contribution in [2.24, 2.45) is 0 Å². The summed E-state index contributed by atoms with van der Waals surface area (Å²) in [6, 6.07) is 4.08. The van der Waals surface area contributed by atoms with Gasteiger partial charge in [0.15, 0.2) is 0 Å². The minimum absolute atomic E-state index is 0.852. The van der Waals surface area contributed by atoms with E-state index in [4.69, 9.17) is 11.6 Å². The summed E-state index contributed by atoms with van der Waals surface area (Å²) in [7, 11) is 0. The molecule has 3 heteroatoms. The first-order valence-electron chi connectivity index (χ1n) is 3.52. The maximum absolute atomic E-state index is 5.99. The molecule has 0 aliphatic rings. The topological polar surface area (TPSA) is 0 Å². The fourth-order valence-electron chi connectivity index (χ4n) is 1.18. The van der Waals surface area contributed by atoms with E-state index in [1.54, 1.807) is 11.3 Å². The number of fused-ring (bicyclic) bond motifs is 1. The Morgan fingerprint density at radius 1 is 1.42 bits per heavy atom. The number of rotatable bonds is 0. The Labute approximate surface area is 88.3 Å². The van der Waals surface area contributed by atoms with Crippen molar-refractivity contribution < 1.29 is 0 Å². The molecule has 0 nitrogen and oxygen atoms in total. The molecule has 1 aromatic heterocycles. The van der Waals surface area contributed by atoms with Gasteiger partial charge in [0, 0.05) is 19.9 Å². The fraction of sp³-hybridized carbons (Fsp3) is 0.111. The molecule has 0 N–H and O–H groups in total.